The number of nitrogens with one attached hydrogen (secondary N) is 1. The molecule has 4 N–H and O–H groups in total. The number of aliphatic hydroxyl groups is 1. The van der Waals surface area contributed by atoms with Crippen molar-refractivity contribution in [2.24, 2.45) is 0 Å². The van der Waals surface area contributed by atoms with Crippen molar-refractivity contribution in [3.8, 4) is 0 Å². The van der Waals surface area contributed by atoms with Crippen LogP contribution in [0.25, 0.3) is 0 Å². The first-order chi connectivity index (χ1) is 15.6. The molecule has 0 unspecified atom stereocenters. The fourth-order valence-corrected chi connectivity index (χ4v) is 5.62. The number of fused-ring (bicyclic) bond motifs is 1. The fraction of sp³-hybridized carbons (Fsp3) is 0.750. The second kappa shape index (κ2) is 10.6. The van der Waals surface area contributed by atoms with Gasteiger partial charge in [-0.15, -0.1) is 0 Å². The van der Waals surface area contributed by atoms with Crippen molar-refractivity contribution >= 4 is 19.5 Å². The van der Waals surface area contributed by atoms with Gasteiger partial charge in [0.1, 0.15) is 29.7 Å². The molecule has 0 aromatic carbocycles. The Balaban J connectivity index is 1.60. The van der Waals surface area contributed by atoms with E-state index in [-0.39, 0.29) is 19.0 Å². The van der Waals surface area contributed by atoms with Crippen molar-refractivity contribution in [1.82, 2.24) is 14.6 Å². The molecule has 12 nitrogen and oxygen atoms in total. The van der Waals surface area contributed by atoms with Crippen LogP contribution in [0.15, 0.2) is 17.1 Å². The van der Waals surface area contributed by atoms with Crippen molar-refractivity contribution in [3.05, 3.63) is 22.7 Å². The molecular formula is C20H33N4O8P. The van der Waals surface area contributed by atoms with Crippen LogP contribution < -0.4 is 16.5 Å². The molecule has 1 aromatic rings. The molecule has 33 heavy (non-hydrogen) atoms. The number of nitrogens with zero attached hydrogens (tertiary/aromatic N) is 2. The minimum atomic E-state index is -3.98. The van der Waals surface area contributed by atoms with E-state index < -0.39 is 49.5 Å². The third-order valence-corrected chi connectivity index (χ3v) is 7.38. The SMILES string of the molecule is CCCCCCCOC(=O)[C@H](C)N[P@]1(=O)OC[C@H]2O[C@@H](n3ccc(N)nc3=O)[C@](C)(O)[C@@H]2O1. The Morgan fingerprint density at radius 1 is 1.45 bits per heavy atom. The van der Waals surface area contributed by atoms with E-state index in [0.29, 0.717) is 0 Å². The van der Waals surface area contributed by atoms with E-state index in [9.17, 15) is 19.3 Å². The van der Waals surface area contributed by atoms with Gasteiger partial charge in [0.15, 0.2) is 6.23 Å². The summed E-state index contributed by atoms with van der Waals surface area (Å²) in [6, 6.07) is 0.430. The summed E-state index contributed by atoms with van der Waals surface area (Å²) >= 11 is 0. The van der Waals surface area contributed by atoms with Crippen molar-refractivity contribution in [1.29, 1.82) is 0 Å². The van der Waals surface area contributed by atoms with Crippen LogP contribution in [0.4, 0.5) is 5.82 Å². The average molecular weight is 488 g/mol. The number of esters is 1. The molecule has 2 fully saturated rings. The molecule has 0 bridgehead atoms. The van der Waals surface area contributed by atoms with Gasteiger partial charge in [0.2, 0.25) is 0 Å². The molecule has 1 aromatic heterocycles. The van der Waals surface area contributed by atoms with Crippen LogP contribution in [0.5, 0.6) is 0 Å². The summed E-state index contributed by atoms with van der Waals surface area (Å²) < 4.78 is 36.2. The minimum absolute atomic E-state index is 0.0291. The van der Waals surface area contributed by atoms with Crippen LogP contribution in [-0.2, 0) is 27.9 Å². The number of unbranched alkanes of at least 4 members (excludes halogenated alkanes) is 4. The minimum Gasteiger partial charge on any atom is -0.465 e. The number of hydrogen-bond acceptors (Lipinski definition) is 10. The maximum Gasteiger partial charge on any atom is 0.406 e. The summed E-state index contributed by atoms with van der Waals surface area (Å²) in [5.41, 5.74) is 3.05. The highest BCUT2D eigenvalue weighted by atomic mass is 31.2. The van der Waals surface area contributed by atoms with E-state index in [2.05, 4.69) is 17.0 Å². The third-order valence-electron chi connectivity index (χ3n) is 5.68. The first kappa shape index (κ1) is 25.8. The lowest BCUT2D eigenvalue weighted by Crippen LogP contribution is -2.50. The lowest BCUT2D eigenvalue weighted by molar-refractivity contribution is -0.145. The molecule has 0 spiro atoms. The molecule has 0 aliphatic carbocycles. The molecule has 13 heteroatoms. The molecule has 0 amide bonds. The predicted octanol–water partition coefficient (Wildman–Crippen LogP) is 1.49. The lowest BCUT2D eigenvalue weighted by atomic mass is 9.96. The Labute approximate surface area is 192 Å². The van der Waals surface area contributed by atoms with Gasteiger partial charge in [0.05, 0.1) is 13.2 Å². The number of anilines is 1. The van der Waals surface area contributed by atoms with Crippen LogP contribution in [0, 0.1) is 0 Å². The van der Waals surface area contributed by atoms with Crippen LogP contribution in [-0.4, -0.2) is 57.7 Å². The molecule has 3 heterocycles. The van der Waals surface area contributed by atoms with E-state index in [0.717, 1.165) is 36.7 Å². The fourth-order valence-electron chi connectivity index (χ4n) is 3.86. The molecule has 0 saturated carbocycles. The van der Waals surface area contributed by atoms with E-state index in [4.69, 9.17) is 24.3 Å². The number of carbonyl (C=O) groups is 1. The zero-order valence-corrected chi connectivity index (χ0v) is 20.0. The summed E-state index contributed by atoms with van der Waals surface area (Å²) in [7, 11) is -3.98. The van der Waals surface area contributed by atoms with Crippen molar-refractivity contribution in [3.63, 3.8) is 0 Å². The Kier molecular flexibility index (Phi) is 8.31. The quantitative estimate of drug-likeness (QED) is 0.248. The number of nitrogens with two attached hydrogens (primary N) is 1. The highest BCUT2D eigenvalue weighted by Crippen LogP contribution is 2.55. The largest absolute Gasteiger partial charge is 0.465 e. The molecular weight excluding hydrogens is 455 g/mol. The number of carbonyl (C=O) groups excluding carboxylic acids is 1. The molecule has 2 aliphatic rings. The van der Waals surface area contributed by atoms with Crippen LogP contribution in [0.3, 0.4) is 0 Å². The predicted molar refractivity (Wildman–Crippen MR) is 118 cm³/mol. The second-order valence-corrected chi connectivity index (χ2v) is 10.3. The molecule has 6 atom stereocenters. The van der Waals surface area contributed by atoms with Gasteiger partial charge >= 0.3 is 19.4 Å². The van der Waals surface area contributed by atoms with Gasteiger partial charge in [-0.3, -0.25) is 18.4 Å². The Bertz CT molecular complexity index is 939. The van der Waals surface area contributed by atoms with Gasteiger partial charge in [-0.2, -0.15) is 4.98 Å². The van der Waals surface area contributed by atoms with E-state index in [1.165, 1.54) is 26.1 Å². The first-order valence-corrected chi connectivity index (χ1v) is 12.7. The molecule has 3 rings (SSSR count). The monoisotopic (exact) mass is 488 g/mol. The highest BCUT2D eigenvalue weighted by molar-refractivity contribution is 7.51. The van der Waals surface area contributed by atoms with E-state index >= 15 is 0 Å². The standard InChI is InChI=1S/C20H33N4O8P/c1-4-5-6-7-8-11-29-17(25)13(2)23-33(28)30-12-14-16(32-33)20(3,27)18(31-14)24-10-9-15(21)22-19(24)26/h9-10,13-14,16,18,27H,4-8,11-12H2,1-3H3,(H,23,28)(H2,21,22,26)/t13-,14+,16+,18+,20+,33-/m0/s1. The topological polar surface area (TPSA) is 164 Å². The number of hydrogen-bond donors (Lipinski definition) is 3. The van der Waals surface area contributed by atoms with Gasteiger partial charge in [0, 0.05) is 6.20 Å². The van der Waals surface area contributed by atoms with Crippen LogP contribution >= 0.6 is 7.75 Å². The van der Waals surface area contributed by atoms with Gasteiger partial charge in [0.25, 0.3) is 0 Å². The third kappa shape index (κ3) is 6.00. The Hall–Kier alpha value is -1.82. The molecule has 2 saturated heterocycles. The zero-order valence-electron chi connectivity index (χ0n) is 19.1. The lowest BCUT2D eigenvalue weighted by Gasteiger charge is -2.36. The van der Waals surface area contributed by atoms with Gasteiger partial charge in [-0.1, -0.05) is 32.6 Å². The first-order valence-electron chi connectivity index (χ1n) is 11.2. The second-order valence-electron chi connectivity index (χ2n) is 8.55. The summed E-state index contributed by atoms with van der Waals surface area (Å²) in [6.45, 7) is 5.11. The van der Waals surface area contributed by atoms with Crippen LogP contribution in [0.2, 0.25) is 0 Å². The summed E-state index contributed by atoms with van der Waals surface area (Å²) in [5.74, 6) is -0.553. The normalized spacial score (nSPS) is 32.3. The highest BCUT2D eigenvalue weighted by Gasteiger charge is 2.60. The molecule has 2 aliphatic heterocycles. The Morgan fingerprint density at radius 3 is 2.88 bits per heavy atom. The number of aromatic nitrogens is 2. The molecule has 186 valence electrons. The maximum absolute atomic E-state index is 13.2. The van der Waals surface area contributed by atoms with Gasteiger partial charge < -0.3 is 20.3 Å². The van der Waals surface area contributed by atoms with Crippen molar-refractivity contribution in [2.45, 2.75) is 83.0 Å². The van der Waals surface area contributed by atoms with Gasteiger partial charge in [-0.25, -0.2) is 14.4 Å². The average Bonchev–Trinajstić information content (AvgIpc) is 3.00. The van der Waals surface area contributed by atoms with E-state index in [1.54, 1.807) is 0 Å². The van der Waals surface area contributed by atoms with Crippen molar-refractivity contribution < 1.29 is 33.0 Å². The van der Waals surface area contributed by atoms with Gasteiger partial charge in [-0.05, 0) is 26.3 Å². The smallest absolute Gasteiger partial charge is 0.406 e. The summed E-state index contributed by atoms with van der Waals surface area (Å²) in [4.78, 5) is 28.1. The Morgan fingerprint density at radius 2 is 2.18 bits per heavy atom. The van der Waals surface area contributed by atoms with E-state index in [1.807, 2.05) is 0 Å². The van der Waals surface area contributed by atoms with Crippen molar-refractivity contribution in [2.75, 3.05) is 18.9 Å². The number of ether oxygens (including phenoxy) is 2. The summed E-state index contributed by atoms with van der Waals surface area (Å²) in [5, 5.41) is 13.7. The zero-order chi connectivity index (χ0) is 24.2. The summed E-state index contributed by atoms with van der Waals surface area (Å²) in [6.07, 6.45) is 3.37. The van der Waals surface area contributed by atoms with Crippen LogP contribution in [0.1, 0.15) is 59.1 Å². The maximum atomic E-state index is 13.2. The number of rotatable bonds is 10. The number of nitrogen functional groups attached to an aromatic ring is 1. The molecule has 0 radical (unpaired) electrons.